The van der Waals surface area contributed by atoms with E-state index < -0.39 is 10.0 Å². The Morgan fingerprint density at radius 3 is 2.36 bits per heavy atom. The van der Waals surface area contributed by atoms with E-state index in [1.54, 1.807) is 11.0 Å². The van der Waals surface area contributed by atoms with Gasteiger partial charge >= 0.3 is 0 Å². The molecular weight excluding hydrogens is 336 g/mol. The van der Waals surface area contributed by atoms with Gasteiger partial charge in [0.05, 0.1) is 4.90 Å². The molecule has 0 spiro atoms. The predicted octanol–water partition coefficient (Wildman–Crippen LogP) is 2.93. The second-order valence-corrected chi connectivity index (χ2v) is 9.63. The molecule has 0 N–H and O–H groups in total. The summed E-state index contributed by atoms with van der Waals surface area (Å²) in [4.78, 5) is 14.0. The van der Waals surface area contributed by atoms with Crippen LogP contribution in [0.5, 0.6) is 0 Å². The number of amides is 1. The first-order valence-electron chi connectivity index (χ1n) is 8.96. The van der Waals surface area contributed by atoms with Crippen LogP contribution in [0.4, 0.5) is 0 Å². The first-order valence-corrected chi connectivity index (χ1v) is 10.4. The van der Waals surface area contributed by atoms with E-state index in [1.807, 2.05) is 26.0 Å². The average Bonchev–Trinajstić information content (AvgIpc) is 2.79. The maximum atomic E-state index is 13.1. The molecule has 0 saturated carbocycles. The topological polar surface area (TPSA) is 57.7 Å². The number of aryl methyl sites for hydroxylation is 1. The van der Waals surface area contributed by atoms with Crippen molar-refractivity contribution in [2.24, 2.45) is 0 Å². The summed E-state index contributed by atoms with van der Waals surface area (Å²) in [5.41, 5.74) is 1.88. The lowest BCUT2D eigenvalue weighted by atomic mass is 9.86. The van der Waals surface area contributed by atoms with Crippen molar-refractivity contribution in [3.63, 3.8) is 0 Å². The van der Waals surface area contributed by atoms with Gasteiger partial charge in [0.25, 0.3) is 0 Å². The van der Waals surface area contributed by atoms with Gasteiger partial charge in [-0.2, -0.15) is 4.31 Å². The van der Waals surface area contributed by atoms with Crippen LogP contribution in [0, 0.1) is 6.92 Å². The number of rotatable bonds is 3. The summed E-state index contributed by atoms with van der Waals surface area (Å²) in [6.45, 7) is 11.9. The highest BCUT2D eigenvalue weighted by molar-refractivity contribution is 7.89. The van der Waals surface area contributed by atoms with Gasteiger partial charge in [0.1, 0.15) is 0 Å². The molecule has 1 heterocycles. The van der Waals surface area contributed by atoms with Gasteiger partial charge in [-0.05, 0) is 36.0 Å². The highest BCUT2D eigenvalue weighted by atomic mass is 32.2. The fourth-order valence-electron chi connectivity index (χ4n) is 3.15. The molecule has 6 heteroatoms. The number of hydrogen-bond acceptors (Lipinski definition) is 3. The smallest absolute Gasteiger partial charge is 0.243 e. The molecule has 1 aromatic rings. The Labute approximate surface area is 152 Å². The molecule has 1 aliphatic heterocycles. The van der Waals surface area contributed by atoms with Gasteiger partial charge in [0.15, 0.2) is 0 Å². The second-order valence-electron chi connectivity index (χ2n) is 7.72. The van der Waals surface area contributed by atoms with E-state index in [-0.39, 0.29) is 11.3 Å². The van der Waals surface area contributed by atoms with Gasteiger partial charge in [0.2, 0.25) is 15.9 Å². The number of benzene rings is 1. The van der Waals surface area contributed by atoms with E-state index in [0.29, 0.717) is 43.9 Å². The van der Waals surface area contributed by atoms with Crippen LogP contribution in [0.15, 0.2) is 23.1 Å². The monoisotopic (exact) mass is 366 g/mol. The van der Waals surface area contributed by atoms with E-state index >= 15 is 0 Å². The summed E-state index contributed by atoms with van der Waals surface area (Å²) in [6, 6.07) is 5.60. The van der Waals surface area contributed by atoms with Crippen LogP contribution >= 0.6 is 0 Å². The molecule has 0 radical (unpaired) electrons. The lowest BCUT2D eigenvalue weighted by Crippen LogP contribution is -2.37. The summed E-state index contributed by atoms with van der Waals surface area (Å²) in [5.74, 6) is 0.0879. The standard InChI is InChI=1S/C19H30N2O3S/c1-6-18(22)20-10-7-11-21(13-12-20)25(23,24)17-9-8-16(14-15(17)2)19(3,4)5/h8-9,14H,6-7,10-13H2,1-5H3. The first-order chi connectivity index (χ1) is 11.6. The largest absolute Gasteiger partial charge is 0.341 e. The van der Waals surface area contributed by atoms with E-state index in [1.165, 1.54) is 4.31 Å². The Hall–Kier alpha value is -1.40. The zero-order chi connectivity index (χ0) is 18.8. The third-order valence-corrected chi connectivity index (χ3v) is 6.83. The molecule has 0 bridgehead atoms. The number of carbonyl (C=O) groups excluding carboxylic acids is 1. The van der Waals surface area contributed by atoms with Crippen LogP contribution in [0.1, 0.15) is 51.7 Å². The highest BCUT2D eigenvalue weighted by Crippen LogP contribution is 2.28. The number of carbonyl (C=O) groups is 1. The lowest BCUT2D eigenvalue weighted by Gasteiger charge is -2.24. The molecule has 140 valence electrons. The molecule has 1 saturated heterocycles. The van der Waals surface area contributed by atoms with Crippen LogP contribution in [-0.2, 0) is 20.2 Å². The fraction of sp³-hybridized carbons (Fsp3) is 0.632. The SMILES string of the molecule is CCC(=O)N1CCCN(S(=O)(=O)c2ccc(C(C)(C)C)cc2C)CC1. The second kappa shape index (κ2) is 7.46. The van der Waals surface area contributed by atoms with E-state index in [0.717, 1.165) is 11.1 Å². The van der Waals surface area contributed by atoms with Crippen molar-refractivity contribution in [2.45, 2.75) is 57.8 Å². The normalized spacial score (nSPS) is 17.4. The molecule has 0 unspecified atom stereocenters. The number of sulfonamides is 1. The molecule has 5 nitrogen and oxygen atoms in total. The summed E-state index contributed by atoms with van der Waals surface area (Å²) >= 11 is 0. The van der Waals surface area contributed by atoms with Crippen molar-refractivity contribution in [1.82, 2.24) is 9.21 Å². The number of hydrogen-bond donors (Lipinski definition) is 0. The lowest BCUT2D eigenvalue weighted by molar-refractivity contribution is -0.130. The number of nitrogens with zero attached hydrogens (tertiary/aromatic N) is 2. The zero-order valence-corrected chi connectivity index (χ0v) is 16.8. The van der Waals surface area contributed by atoms with Crippen LogP contribution < -0.4 is 0 Å². The zero-order valence-electron chi connectivity index (χ0n) is 16.0. The van der Waals surface area contributed by atoms with E-state index in [4.69, 9.17) is 0 Å². The predicted molar refractivity (Wildman–Crippen MR) is 100 cm³/mol. The molecule has 1 fully saturated rings. The minimum atomic E-state index is -3.54. The highest BCUT2D eigenvalue weighted by Gasteiger charge is 2.29. The van der Waals surface area contributed by atoms with Crippen molar-refractivity contribution in [3.8, 4) is 0 Å². The van der Waals surface area contributed by atoms with E-state index in [2.05, 4.69) is 20.8 Å². The molecule has 1 aliphatic rings. The fourth-order valence-corrected chi connectivity index (χ4v) is 4.83. The Kier molecular flexibility index (Phi) is 5.94. The van der Waals surface area contributed by atoms with Crippen LogP contribution in [0.3, 0.4) is 0 Å². The van der Waals surface area contributed by atoms with Crippen LogP contribution in [-0.4, -0.2) is 49.7 Å². The summed E-state index contributed by atoms with van der Waals surface area (Å²) in [5, 5.41) is 0. The molecule has 1 amide bonds. The Bertz CT molecular complexity index is 736. The molecular formula is C19H30N2O3S. The molecule has 1 aromatic carbocycles. The van der Waals surface area contributed by atoms with Gasteiger partial charge in [-0.25, -0.2) is 8.42 Å². The van der Waals surface area contributed by atoms with Gasteiger partial charge in [-0.3, -0.25) is 4.79 Å². The average molecular weight is 367 g/mol. The Morgan fingerprint density at radius 1 is 1.12 bits per heavy atom. The minimum Gasteiger partial charge on any atom is -0.341 e. The van der Waals surface area contributed by atoms with Gasteiger partial charge in [-0.1, -0.05) is 39.8 Å². The quantitative estimate of drug-likeness (QED) is 0.826. The maximum Gasteiger partial charge on any atom is 0.243 e. The summed E-state index contributed by atoms with van der Waals surface area (Å²) in [7, 11) is -3.54. The third kappa shape index (κ3) is 4.42. The van der Waals surface area contributed by atoms with Crippen LogP contribution in [0.2, 0.25) is 0 Å². The van der Waals surface area contributed by atoms with Crippen molar-refractivity contribution < 1.29 is 13.2 Å². The first kappa shape index (κ1) is 19.9. The van der Waals surface area contributed by atoms with E-state index in [9.17, 15) is 13.2 Å². The molecule has 2 rings (SSSR count). The van der Waals surface area contributed by atoms with Gasteiger partial charge < -0.3 is 4.90 Å². The summed E-state index contributed by atoms with van der Waals surface area (Å²) < 4.78 is 27.7. The molecule has 0 aromatic heterocycles. The minimum absolute atomic E-state index is 0.0172. The Morgan fingerprint density at radius 2 is 1.80 bits per heavy atom. The molecule has 25 heavy (non-hydrogen) atoms. The van der Waals surface area contributed by atoms with Crippen LogP contribution in [0.25, 0.3) is 0 Å². The maximum absolute atomic E-state index is 13.1. The molecule has 0 atom stereocenters. The summed E-state index contributed by atoms with van der Waals surface area (Å²) in [6.07, 6.45) is 1.13. The van der Waals surface area contributed by atoms with Crippen molar-refractivity contribution in [3.05, 3.63) is 29.3 Å². The van der Waals surface area contributed by atoms with Crippen molar-refractivity contribution in [2.75, 3.05) is 26.2 Å². The Balaban J connectivity index is 2.25. The third-order valence-electron chi connectivity index (χ3n) is 4.77. The van der Waals surface area contributed by atoms with Crippen molar-refractivity contribution in [1.29, 1.82) is 0 Å². The van der Waals surface area contributed by atoms with Gasteiger partial charge in [-0.15, -0.1) is 0 Å². The molecule has 0 aliphatic carbocycles. The van der Waals surface area contributed by atoms with Crippen molar-refractivity contribution >= 4 is 15.9 Å². The van der Waals surface area contributed by atoms with Gasteiger partial charge in [0, 0.05) is 32.6 Å².